The summed E-state index contributed by atoms with van der Waals surface area (Å²) in [5, 5.41) is 3.59. The molecule has 18 heavy (non-hydrogen) atoms. The molecule has 0 amide bonds. The minimum Gasteiger partial charge on any atom is -0.314 e. The first kappa shape index (κ1) is 12.9. The van der Waals surface area contributed by atoms with Gasteiger partial charge in [-0.05, 0) is 49.4 Å². The van der Waals surface area contributed by atoms with Crippen molar-refractivity contribution in [3.05, 3.63) is 0 Å². The minimum atomic E-state index is 0.804. The summed E-state index contributed by atoms with van der Waals surface area (Å²) in [5.41, 5.74) is 0. The van der Waals surface area contributed by atoms with Crippen LogP contribution < -0.4 is 5.32 Å². The standard InChI is InChI=1S/C16H30N2/c1-12(2)7-16-10-17-5-6-18(16)11-15-9-13-3-4-14(15)8-13/h12-17H,3-11H2,1-2H3. The van der Waals surface area contributed by atoms with E-state index in [2.05, 4.69) is 24.1 Å². The molecule has 104 valence electrons. The summed E-state index contributed by atoms with van der Waals surface area (Å²) in [6.07, 6.45) is 7.55. The molecular formula is C16H30N2. The summed E-state index contributed by atoms with van der Waals surface area (Å²) in [4.78, 5) is 2.82. The van der Waals surface area contributed by atoms with Gasteiger partial charge in [-0.15, -0.1) is 0 Å². The van der Waals surface area contributed by atoms with Crippen LogP contribution in [0.1, 0.15) is 46.0 Å². The van der Waals surface area contributed by atoms with Crippen LogP contribution in [0.4, 0.5) is 0 Å². The molecule has 0 aromatic heterocycles. The van der Waals surface area contributed by atoms with E-state index in [0.29, 0.717) is 0 Å². The van der Waals surface area contributed by atoms with Gasteiger partial charge in [0.15, 0.2) is 0 Å². The molecule has 0 spiro atoms. The molecule has 2 nitrogen and oxygen atoms in total. The van der Waals surface area contributed by atoms with Crippen molar-refractivity contribution in [2.75, 3.05) is 26.2 Å². The van der Waals surface area contributed by atoms with Crippen molar-refractivity contribution in [2.24, 2.45) is 23.7 Å². The fourth-order valence-electron chi connectivity index (χ4n) is 4.72. The fraction of sp³-hybridized carbons (Fsp3) is 1.00. The summed E-state index contributed by atoms with van der Waals surface area (Å²) < 4.78 is 0. The first-order valence-corrected chi connectivity index (χ1v) is 8.17. The Balaban J connectivity index is 1.56. The normalized spacial score (nSPS) is 40.8. The lowest BCUT2D eigenvalue weighted by Gasteiger charge is -2.40. The highest BCUT2D eigenvalue weighted by atomic mass is 15.2. The molecule has 3 aliphatic rings. The maximum absolute atomic E-state index is 3.59. The number of piperazine rings is 1. The van der Waals surface area contributed by atoms with E-state index in [1.54, 1.807) is 12.8 Å². The van der Waals surface area contributed by atoms with Crippen LogP contribution in [0.15, 0.2) is 0 Å². The van der Waals surface area contributed by atoms with Crippen LogP contribution in [0, 0.1) is 23.7 Å². The topological polar surface area (TPSA) is 15.3 Å². The Morgan fingerprint density at radius 2 is 2.11 bits per heavy atom. The monoisotopic (exact) mass is 250 g/mol. The van der Waals surface area contributed by atoms with E-state index in [1.165, 1.54) is 45.4 Å². The van der Waals surface area contributed by atoms with E-state index >= 15 is 0 Å². The molecule has 0 aromatic carbocycles. The quantitative estimate of drug-likeness (QED) is 0.825. The van der Waals surface area contributed by atoms with Crippen molar-refractivity contribution >= 4 is 0 Å². The summed E-state index contributed by atoms with van der Waals surface area (Å²) in [5.74, 6) is 4.06. The van der Waals surface area contributed by atoms with Gasteiger partial charge in [-0.2, -0.15) is 0 Å². The first-order valence-electron chi connectivity index (χ1n) is 8.17. The zero-order valence-electron chi connectivity index (χ0n) is 12.2. The van der Waals surface area contributed by atoms with Crippen LogP contribution >= 0.6 is 0 Å². The number of fused-ring (bicyclic) bond motifs is 2. The highest BCUT2D eigenvalue weighted by molar-refractivity contribution is 4.93. The largest absolute Gasteiger partial charge is 0.314 e. The number of nitrogens with zero attached hydrogens (tertiary/aromatic N) is 1. The molecule has 1 saturated heterocycles. The van der Waals surface area contributed by atoms with Crippen molar-refractivity contribution in [1.29, 1.82) is 0 Å². The predicted molar refractivity (Wildman–Crippen MR) is 76.6 cm³/mol. The van der Waals surface area contributed by atoms with Crippen molar-refractivity contribution in [3.8, 4) is 0 Å². The van der Waals surface area contributed by atoms with Gasteiger partial charge < -0.3 is 5.32 Å². The second-order valence-corrected chi connectivity index (χ2v) is 7.42. The fourth-order valence-corrected chi connectivity index (χ4v) is 4.72. The Hall–Kier alpha value is -0.0800. The van der Waals surface area contributed by atoms with Crippen molar-refractivity contribution in [2.45, 2.75) is 52.0 Å². The SMILES string of the molecule is CC(C)CC1CNCCN1CC1CC2CCC1C2. The van der Waals surface area contributed by atoms with Crippen LogP contribution in [0.25, 0.3) is 0 Å². The molecule has 2 saturated carbocycles. The number of nitrogens with one attached hydrogen (secondary N) is 1. The van der Waals surface area contributed by atoms with Gasteiger partial charge in [0.1, 0.15) is 0 Å². The van der Waals surface area contributed by atoms with Gasteiger partial charge in [0.25, 0.3) is 0 Å². The van der Waals surface area contributed by atoms with E-state index in [9.17, 15) is 0 Å². The minimum absolute atomic E-state index is 0.804. The van der Waals surface area contributed by atoms with E-state index < -0.39 is 0 Å². The van der Waals surface area contributed by atoms with Gasteiger partial charge in [0.05, 0.1) is 0 Å². The second kappa shape index (κ2) is 5.50. The first-order chi connectivity index (χ1) is 8.72. The Bertz CT molecular complexity index is 276. The summed E-state index contributed by atoms with van der Waals surface area (Å²) >= 11 is 0. The van der Waals surface area contributed by atoms with Gasteiger partial charge >= 0.3 is 0 Å². The average Bonchev–Trinajstić information content (AvgIpc) is 2.93. The van der Waals surface area contributed by atoms with Crippen LogP contribution in [0.2, 0.25) is 0 Å². The molecule has 2 bridgehead atoms. The van der Waals surface area contributed by atoms with Crippen molar-refractivity contribution in [3.63, 3.8) is 0 Å². The smallest absolute Gasteiger partial charge is 0.0223 e. The molecule has 2 heteroatoms. The molecule has 1 N–H and O–H groups in total. The predicted octanol–water partition coefficient (Wildman–Crippen LogP) is 2.74. The third-order valence-corrected chi connectivity index (χ3v) is 5.57. The molecule has 2 aliphatic carbocycles. The molecule has 1 heterocycles. The molecule has 0 radical (unpaired) electrons. The zero-order chi connectivity index (χ0) is 12.5. The van der Waals surface area contributed by atoms with Gasteiger partial charge in [-0.1, -0.05) is 20.3 Å². The van der Waals surface area contributed by atoms with Crippen molar-refractivity contribution in [1.82, 2.24) is 10.2 Å². The summed E-state index contributed by atoms with van der Waals surface area (Å²) in [7, 11) is 0. The highest BCUT2D eigenvalue weighted by Crippen LogP contribution is 2.48. The summed E-state index contributed by atoms with van der Waals surface area (Å²) in [6, 6.07) is 0.804. The average molecular weight is 250 g/mol. The number of rotatable bonds is 4. The Morgan fingerprint density at radius 3 is 2.78 bits per heavy atom. The van der Waals surface area contributed by atoms with Crippen LogP contribution in [0.5, 0.6) is 0 Å². The van der Waals surface area contributed by atoms with Gasteiger partial charge in [0, 0.05) is 32.2 Å². The molecule has 0 aromatic rings. The van der Waals surface area contributed by atoms with Crippen LogP contribution in [-0.4, -0.2) is 37.1 Å². The van der Waals surface area contributed by atoms with E-state index in [4.69, 9.17) is 0 Å². The Labute approximate surface area is 113 Å². The molecule has 3 rings (SSSR count). The third-order valence-electron chi connectivity index (χ3n) is 5.57. The van der Waals surface area contributed by atoms with Gasteiger partial charge in [0.2, 0.25) is 0 Å². The lowest BCUT2D eigenvalue weighted by molar-refractivity contribution is 0.104. The lowest BCUT2D eigenvalue weighted by Crippen LogP contribution is -2.53. The van der Waals surface area contributed by atoms with Gasteiger partial charge in [-0.25, -0.2) is 0 Å². The van der Waals surface area contributed by atoms with E-state index in [-0.39, 0.29) is 0 Å². The highest BCUT2D eigenvalue weighted by Gasteiger charge is 2.40. The molecule has 4 atom stereocenters. The molecular weight excluding hydrogens is 220 g/mol. The number of hydrogen-bond donors (Lipinski definition) is 1. The van der Waals surface area contributed by atoms with Crippen molar-refractivity contribution < 1.29 is 0 Å². The molecule has 3 fully saturated rings. The van der Waals surface area contributed by atoms with Gasteiger partial charge in [-0.3, -0.25) is 4.90 Å². The maximum Gasteiger partial charge on any atom is 0.0223 e. The Kier molecular flexibility index (Phi) is 3.95. The maximum atomic E-state index is 3.59. The molecule has 1 aliphatic heterocycles. The lowest BCUT2D eigenvalue weighted by atomic mass is 9.87. The van der Waals surface area contributed by atoms with E-state index in [0.717, 1.165) is 29.7 Å². The van der Waals surface area contributed by atoms with E-state index in [1.807, 2.05) is 0 Å². The summed E-state index contributed by atoms with van der Waals surface area (Å²) in [6.45, 7) is 9.84. The van der Waals surface area contributed by atoms with Crippen LogP contribution in [-0.2, 0) is 0 Å². The Morgan fingerprint density at radius 1 is 1.22 bits per heavy atom. The number of hydrogen-bond acceptors (Lipinski definition) is 2. The zero-order valence-corrected chi connectivity index (χ0v) is 12.2. The second-order valence-electron chi connectivity index (χ2n) is 7.42. The third kappa shape index (κ3) is 2.75. The van der Waals surface area contributed by atoms with Crippen LogP contribution in [0.3, 0.4) is 0 Å². The molecule has 4 unspecified atom stereocenters.